The first-order chi connectivity index (χ1) is 8.41. The zero-order valence-electron chi connectivity index (χ0n) is 9.23. The molecule has 0 aliphatic heterocycles. The van der Waals surface area contributed by atoms with Crippen LogP contribution in [-0.4, -0.2) is 31.5 Å². The summed E-state index contributed by atoms with van der Waals surface area (Å²) in [7, 11) is 0. The van der Waals surface area contributed by atoms with E-state index in [-0.39, 0.29) is 21.7 Å². The molecule has 0 fully saturated rings. The highest BCUT2D eigenvalue weighted by Crippen LogP contribution is 2.42. The van der Waals surface area contributed by atoms with Gasteiger partial charge in [-0.15, -0.1) is 0 Å². The Balaban J connectivity index is 2.63. The van der Waals surface area contributed by atoms with Crippen LogP contribution in [0.25, 0.3) is 11.3 Å². The number of aromatic hydroxyl groups is 2. The highest BCUT2D eigenvalue weighted by Gasteiger charge is 2.18. The molecule has 2 aromatic rings. The molecule has 0 saturated carbocycles. The number of phenols is 2. The van der Waals surface area contributed by atoms with E-state index in [2.05, 4.69) is 26.1 Å². The Morgan fingerprint density at radius 1 is 1.39 bits per heavy atom. The molecule has 0 amide bonds. The SMILES string of the molecule is Cc1cc(O)c(O)c(Br)c1-c1cc(C(=O)O)[nH]n1. The molecular weight excluding hydrogens is 304 g/mol. The van der Waals surface area contributed by atoms with Gasteiger partial charge in [0.1, 0.15) is 5.69 Å². The van der Waals surface area contributed by atoms with Crippen molar-refractivity contribution >= 4 is 21.9 Å². The quantitative estimate of drug-likeness (QED) is 0.636. The van der Waals surface area contributed by atoms with Gasteiger partial charge in [-0.2, -0.15) is 5.10 Å². The second-order valence-corrected chi connectivity index (χ2v) is 4.52. The van der Waals surface area contributed by atoms with Crippen LogP contribution in [0, 0.1) is 6.92 Å². The molecular formula is C11H9BrN2O4. The molecule has 1 aromatic carbocycles. The smallest absolute Gasteiger partial charge is 0.353 e. The molecule has 0 bridgehead atoms. The Hall–Kier alpha value is -2.02. The number of carboxylic acids is 1. The van der Waals surface area contributed by atoms with Crippen LogP contribution in [-0.2, 0) is 0 Å². The Kier molecular flexibility index (Phi) is 3.00. The van der Waals surface area contributed by atoms with Crippen LogP contribution >= 0.6 is 15.9 Å². The van der Waals surface area contributed by atoms with Gasteiger partial charge in [0.2, 0.25) is 0 Å². The second-order valence-electron chi connectivity index (χ2n) is 3.72. The van der Waals surface area contributed by atoms with Crippen LogP contribution in [0.15, 0.2) is 16.6 Å². The van der Waals surface area contributed by atoms with Gasteiger partial charge < -0.3 is 15.3 Å². The van der Waals surface area contributed by atoms with Gasteiger partial charge >= 0.3 is 5.97 Å². The van der Waals surface area contributed by atoms with Gasteiger partial charge in [0.05, 0.1) is 10.2 Å². The number of benzene rings is 1. The van der Waals surface area contributed by atoms with Crippen LogP contribution in [0.2, 0.25) is 0 Å². The summed E-state index contributed by atoms with van der Waals surface area (Å²) in [6.45, 7) is 1.72. The van der Waals surface area contributed by atoms with Crippen LogP contribution in [0.5, 0.6) is 11.5 Å². The van der Waals surface area contributed by atoms with Crippen molar-refractivity contribution in [3.63, 3.8) is 0 Å². The lowest BCUT2D eigenvalue weighted by molar-refractivity contribution is 0.0690. The fourth-order valence-electron chi connectivity index (χ4n) is 1.62. The number of aromatic carboxylic acids is 1. The van der Waals surface area contributed by atoms with Crippen molar-refractivity contribution < 1.29 is 20.1 Å². The summed E-state index contributed by atoms with van der Waals surface area (Å²) >= 11 is 3.15. The van der Waals surface area contributed by atoms with E-state index >= 15 is 0 Å². The minimum Gasteiger partial charge on any atom is -0.504 e. The van der Waals surface area contributed by atoms with E-state index in [0.29, 0.717) is 16.8 Å². The average Bonchev–Trinajstić information content (AvgIpc) is 2.75. The van der Waals surface area contributed by atoms with Gasteiger partial charge in [-0.3, -0.25) is 5.10 Å². The minimum atomic E-state index is -1.12. The predicted octanol–water partition coefficient (Wildman–Crippen LogP) is 2.26. The normalized spacial score (nSPS) is 10.6. The summed E-state index contributed by atoms with van der Waals surface area (Å²) < 4.78 is 0.267. The van der Waals surface area contributed by atoms with Gasteiger partial charge in [0, 0.05) is 5.56 Å². The number of aromatic amines is 1. The standard InChI is InChI=1S/C11H9BrN2O4/c1-4-2-7(15)10(16)9(12)8(4)5-3-6(11(17)18)14-13-5/h2-3,15-16H,1H3,(H,13,14)(H,17,18). The summed E-state index contributed by atoms with van der Waals surface area (Å²) in [5.41, 5.74) is 1.49. The van der Waals surface area contributed by atoms with E-state index in [1.807, 2.05) is 0 Å². The van der Waals surface area contributed by atoms with Crippen molar-refractivity contribution in [3.05, 3.63) is 27.9 Å². The largest absolute Gasteiger partial charge is 0.504 e. The van der Waals surface area contributed by atoms with Gasteiger partial charge in [-0.05, 0) is 40.5 Å². The minimum absolute atomic E-state index is 0.0520. The van der Waals surface area contributed by atoms with Crippen molar-refractivity contribution in [2.45, 2.75) is 6.92 Å². The van der Waals surface area contributed by atoms with Gasteiger partial charge in [0.15, 0.2) is 11.5 Å². The fraction of sp³-hybridized carbons (Fsp3) is 0.0909. The molecule has 7 heteroatoms. The van der Waals surface area contributed by atoms with Crippen LogP contribution in [0.3, 0.4) is 0 Å². The number of nitrogens with one attached hydrogen (secondary N) is 1. The zero-order chi connectivity index (χ0) is 13.4. The summed E-state index contributed by atoms with van der Waals surface area (Å²) in [5, 5.41) is 34.1. The maximum atomic E-state index is 10.8. The third-order valence-corrected chi connectivity index (χ3v) is 3.25. The van der Waals surface area contributed by atoms with Crippen molar-refractivity contribution in [1.82, 2.24) is 10.2 Å². The van der Waals surface area contributed by atoms with E-state index in [9.17, 15) is 15.0 Å². The summed E-state index contributed by atoms with van der Waals surface area (Å²) in [5.74, 6) is -1.68. The number of aromatic nitrogens is 2. The van der Waals surface area contributed by atoms with E-state index in [0.717, 1.165) is 0 Å². The zero-order valence-corrected chi connectivity index (χ0v) is 10.8. The van der Waals surface area contributed by atoms with E-state index in [1.165, 1.54) is 12.1 Å². The second kappa shape index (κ2) is 4.34. The highest BCUT2D eigenvalue weighted by atomic mass is 79.9. The summed E-state index contributed by atoms with van der Waals surface area (Å²) in [4.78, 5) is 10.8. The monoisotopic (exact) mass is 312 g/mol. The molecule has 0 aliphatic carbocycles. The molecule has 0 radical (unpaired) electrons. The molecule has 18 heavy (non-hydrogen) atoms. The van der Waals surface area contributed by atoms with E-state index in [1.54, 1.807) is 6.92 Å². The third-order valence-electron chi connectivity index (χ3n) is 2.48. The molecule has 2 rings (SSSR count). The Morgan fingerprint density at radius 2 is 2.06 bits per heavy atom. The first-order valence-corrected chi connectivity index (χ1v) is 5.71. The van der Waals surface area contributed by atoms with E-state index < -0.39 is 5.97 Å². The molecule has 0 aliphatic rings. The number of hydrogen-bond donors (Lipinski definition) is 4. The number of rotatable bonds is 2. The topological polar surface area (TPSA) is 106 Å². The number of aryl methyl sites for hydroxylation is 1. The summed E-state index contributed by atoms with van der Waals surface area (Å²) in [6, 6.07) is 2.73. The van der Waals surface area contributed by atoms with Gasteiger partial charge in [0.25, 0.3) is 0 Å². The number of phenolic OH excluding ortho intramolecular Hbond substituents is 2. The fourth-order valence-corrected chi connectivity index (χ4v) is 2.34. The number of nitrogens with zero attached hydrogens (tertiary/aromatic N) is 1. The lowest BCUT2D eigenvalue weighted by Gasteiger charge is -2.09. The molecule has 6 nitrogen and oxygen atoms in total. The molecule has 0 unspecified atom stereocenters. The van der Waals surface area contributed by atoms with Crippen LogP contribution < -0.4 is 0 Å². The lowest BCUT2D eigenvalue weighted by atomic mass is 10.0. The Labute approximate surface area is 110 Å². The highest BCUT2D eigenvalue weighted by molar-refractivity contribution is 9.10. The van der Waals surface area contributed by atoms with Gasteiger partial charge in [-0.1, -0.05) is 0 Å². The number of H-pyrrole nitrogens is 1. The molecule has 94 valence electrons. The number of carbonyl (C=O) groups is 1. The molecule has 0 spiro atoms. The third kappa shape index (κ3) is 1.92. The predicted molar refractivity (Wildman–Crippen MR) is 66.7 cm³/mol. The molecule has 0 atom stereocenters. The maximum Gasteiger partial charge on any atom is 0.353 e. The van der Waals surface area contributed by atoms with Crippen LogP contribution in [0.4, 0.5) is 0 Å². The first kappa shape index (κ1) is 12.4. The lowest BCUT2D eigenvalue weighted by Crippen LogP contribution is -1.95. The molecule has 1 heterocycles. The number of carboxylic acid groups (broad SMARTS) is 1. The molecule has 4 N–H and O–H groups in total. The van der Waals surface area contributed by atoms with Crippen molar-refractivity contribution in [1.29, 1.82) is 0 Å². The van der Waals surface area contributed by atoms with E-state index in [4.69, 9.17) is 5.11 Å². The summed E-state index contributed by atoms with van der Waals surface area (Å²) in [6.07, 6.45) is 0. The molecule has 0 saturated heterocycles. The van der Waals surface area contributed by atoms with Gasteiger partial charge in [-0.25, -0.2) is 4.79 Å². The maximum absolute atomic E-state index is 10.8. The number of halogens is 1. The first-order valence-electron chi connectivity index (χ1n) is 4.92. The Bertz CT molecular complexity index is 636. The van der Waals surface area contributed by atoms with Crippen molar-refractivity contribution in [3.8, 4) is 22.8 Å². The molecule has 1 aromatic heterocycles. The van der Waals surface area contributed by atoms with Crippen molar-refractivity contribution in [2.75, 3.05) is 0 Å². The average molecular weight is 313 g/mol. The Morgan fingerprint density at radius 3 is 2.61 bits per heavy atom. The van der Waals surface area contributed by atoms with Crippen molar-refractivity contribution in [2.24, 2.45) is 0 Å². The van der Waals surface area contributed by atoms with Crippen LogP contribution in [0.1, 0.15) is 16.1 Å². The number of hydrogen-bond acceptors (Lipinski definition) is 4.